The second kappa shape index (κ2) is 4.23. The molecule has 0 spiro atoms. The minimum atomic E-state index is -2.45. The summed E-state index contributed by atoms with van der Waals surface area (Å²) in [5.74, 6) is -2.64. The smallest absolute Gasteiger partial charge is 0.298 e. The third kappa shape index (κ3) is 1.77. The Hall–Kier alpha value is -2.04. The average molecular weight is 285 g/mol. The lowest BCUT2D eigenvalue weighted by Crippen LogP contribution is -2.29. The topological polar surface area (TPSA) is 139 Å². The number of alkyl halides is 1. The van der Waals surface area contributed by atoms with Crippen LogP contribution in [-0.4, -0.2) is 48.5 Å². The summed E-state index contributed by atoms with van der Waals surface area (Å²) >= 11 is 0. The monoisotopic (exact) mass is 285 g/mol. The number of hydrogen-bond acceptors (Lipinski definition) is 7. The van der Waals surface area contributed by atoms with Gasteiger partial charge in [-0.15, -0.1) is 0 Å². The van der Waals surface area contributed by atoms with Crippen molar-refractivity contribution in [3.8, 4) is 0 Å². The number of halogens is 1. The Morgan fingerprint density at radius 2 is 2.45 bits per heavy atom. The van der Waals surface area contributed by atoms with Gasteiger partial charge >= 0.3 is 0 Å². The number of nitrogens with zero attached hydrogens (tertiary/aromatic N) is 3. The lowest BCUT2D eigenvalue weighted by atomic mass is 10.2. The van der Waals surface area contributed by atoms with Gasteiger partial charge in [-0.3, -0.25) is 14.3 Å². The molecule has 9 nitrogen and oxygen atoms in total. The van der Waals surface area contributed by atoms with Crippen LogP contribution in [0.3, 0.4) is 0 Å². The highest BCUT2D eigenvalue weighted by atomic mass is 19.2. The van der Waals surface area contributed by atoms with Gasteiger partial charge in [-0.25, -0.2) is 4.98 Å². The van der Waals surface area contributed by atoms with Crippen molar-refractivity contribution in [3.63, 3.8) is 0 Å². The standard InChI is InChI=1S/C10H12FN5O4/c11-10(1-4(18)5(2-17)20-10)16-3-13-6-7(16)14-9(12)15-8(6)19/h3-5,17-18H,1-2H2,(H3,12,14,15,19)/t4-,5+,10?/m0/s1. The van der Waals surface area contributed by atoms with E-state index in [0.717, 1.165) is 10.9 Å². The van der Waals surface area contributed by atoms with E-state index >= 15 is 0 Å². The van der Waals surface area contributed by atoms with Crippen molar-refractivity contribution in [2.75, 3.05) is 12.3 Å². The quantitative estimate of drug-likeness (QED) is 0.522. The molecule has 1 unspecified atom stereocenters. The number of nitrogen functional groups attached to an aromatic ring is 1. The molecular weight excluding hydrogens is 273 g/mol. The molecule has 1 saturated heterocycles. The second-order valence-corrected chi connectivity index (χ2v) is 4.54. The number of hydrogen-bond donors (Lipinski definition) is 4. The Labute approximate surface area is 110 Å². The molecule has 3 heterocycles. The number of aliphatic hydroxyl groups is 2. The lowest BCUT2D eigenvalue weighted by Gasteiger charge is -2.21. The van der Waals surface area contributed by atoms with Crippen molar-refractivity contribution in [1.29, 1.82) is 0 Å². The van der Waals surface area contributed by atoms with Gasteiger partial charge in [0.25, 0.3) is 11.5 Å². The lowest BCUT2D eigenvalue weighted by molar-refractivity contribution is -0.200. The average Bonchev–Trinajstić information content (AvgIpc) is 2.91. The minimum absolute atomic E-state index is 0.0956. The molecule has 0 radical (unpaired) electrons. The third-order valence-corrected chi connectivity index (χ3v) is 3.19. The maximum absolute atomic E-state index is 14.8. The zero-order valence-corrected chi connectivity index (χ0v) is 10.2. The van der Waals surface area contributed by atoms with Crippen LogP contribution in [0.1, 0.15) is 6.42 Å². The van der Waals surface area contributed by atoms with E-state index in [4.69, 9.17) is 15.6 Å². The molecule has 108 valence electrons. The summed E-state index contributed by atoms with van der Waals surface area (Å²) in [6.45, 7) is -0.532. The zero-order chi connectivity index (χ0) is 14.5. The van der Waals surface area contributed by atoms with Crippen LogP contribution in [0.5, 0.6) is 0 Å². The van der Waals surface area contributed by atoms with Gasteiger partial charge in [0.05, 0.1) is 19.1 Å². The largest absolute Gasteiger partial charge is 0.394 e. The highest BCUT2D eigenvalue weighted by molar-refractivity contribution is 5.70. The molecule has 2 aromatic heterocycles. The molecule has 20 heavy (non-hydrogen) atoms. The first-order valence-electron chi connectivity index (χ1n) is 5.83. The molecule has 0 amide bonds. The summed E-state index contributed by atoms with van der Waals surface area (Å²) in [6, 6.07) is 0. The van der Waals surface area contributed by atoms with E-state index in [1.165, 1.54) is 0 Å². The van der Waals surface area contributed by atoms with E-state index in [9.17, 15) is 14.3 Å². The number of anilines is 1. The third-order valence-electron chi connectivity index (χ3n) is 3.19. The van der Waals surface area contributed by atoms with Gasteiger partial charge in [0.2, 0.25) is 5.95 Å². The van der Waals surface area contributed by atoms with Crippen LogP contribution in [0.2, 0.25) is 0 Å². The molecule has 0 bridgehead atoms. The molecule has 1 fully saturated rings. The second-order valence-electron chi connectivity index (χ2n) is 4.54. The van der Waals surface area contributed by atoms with Gasteiger partial charge in [-0.1, -0.05) is 0 Å². The molecule has 2 aromatic rings. The Morgan fingerprint density at radius 1 is 1.70 bits per heavy atom. The van der Waals surface area contributed by atoms with Crippen molar-refractivity contribution < 1.29 is 19.3 Å². The van der Waals surface area contributed by atoms with E-state index in [1.807, 2.05) is 0 Å². The Kier molecular flexibility index (Phi) is 2.74. The highest BCUT2D eigenvalue weighted by Crippen LogP contribution is 2.37. The molecule has 1 aliphatic heterocycles. The number of nitrogens with two attached hydrogens (primary N) is 1. The van der Waals surface area contributed by atoms with E-state index in [1.54, 1.807) is 0 Å². The van der Waals surface area contributed by atoms with Gasteiger partial charge < -0.3 is 20.7 Å². The molecule has 1 aliphatic rings. The van der Waals surface area contributed by atoms with Gasteiger partial charge in [0.15, 0.2) is 11.2 Å². The first-order chi connectivity index (χ1) is 9.44. The number of rotatable bonds is 2. The van der Waals surface area contributed by atoms with Crippen molar-refractivity contribution in [3.05, 3.63) is 16.7 Å². The predicted molar refractivity (Wildman–Crippen MR) is 64.2 cm³/mol. The van der Waals surface area contributed by atoms with Crippen LogP contribution in [-0.2, 0) is 10.7 Å². The van der Waals surface area contributed by atoms with Crippen molar-refractivity contribution in [2.24, 2.45) is 0 Å². The normalized spacial score (nSPS) is 30.1. The molecule has 0 saturated carbocycles. The fraction of sp³-hybridized carbons (Fsp3) is 0.500. The van der Waals surface area contributed by atoms with Crippen LogP contribution in [0.15, 0.2) is 11.1 Å². The number of aliphatic hydroxyl groups excluding tert-OH is 2. The Balaban J connectivity index is 2.14. The summed E-state index contributed by atoms with van der Waals surface area (Å²) in [6.07, 6.45) is -1.62. The maximum Gasteiger partial charge on any atom is 0.298 e. The van der Waals surface area contributed by atoms with Crippen LogP contribution in [0.4, 0.5) is 10.3 Å². The SMILES string of the molecule is Nc1nc2c(ncn2C2(F)C[C@H](O)[C@@H](CO)O2)c(=O)[nH]1. The van der Waals surface area contributed by atoms with Gasteiger partial charge in [0, 0.05) is 0 Å². The molecule has 0 aliphatic carbocycles. The molecular formula is C10H12FN5O4. The molecule has 10 heteroatoms. The van der Waals surface area contributed by atoms with Crippen LogP contribution >= 0.6 is 0 Å². The van der Waals surface area contributed by atoms with Gasteiger partial charge in [-0.2, -0.15) is 9.37 Å². The Bertz CT molecular complexity index is 715. The minimum Gasteiger partial charge on any atom is -0.394 e. The number of aromatic amines is 1. The fourth-order valence-electron chi connectivity index (χ4n) is 2.23. The summed E-state index contributed by atoms with van der Waals surface area (Å²) in [5.41, 5.74) is 4.62. The first kappa shape index (κ1) is 13.0. The number of fused-ring (bicyclic) bond motifs is 1. The van der Waals surface area contributed by atoms with Gasteiger partial charge in [-0.05, 0) is 0 Å². The first-order valence-corrected chi connectivity index (χ1v) is 5.83. The molecule has 0 aromatic carbocycles. The van der Waals surface area contributed by atoms with Crippen LogP contribution in [0.25, 0.3) is 11.2 Å². The molecule has 3 atom stereocenters. The molecule has 3 rings (SSSR count). The maximum atomic E-state index is 14.8. The number of H-pyrrole nitrogens is 1. The predicted octanol–water partition coefficient (Wildman–Crippen LogP) is -1.58. The Morgan fingerprint density at radius 3 is 3.10 bits per heavy atom. The number of imidazole rings is 1. The molecule has 5 N–H and O–H groups in total. The highest BCUT2D eigenvalue weighted by Gasteiger charge is 2.49. The summed E-state index contributed by atoms with van der Waals surface area (Å²) in [4.78, 5) is 21.4. The summed E-state index contributed by atoms with van der Waals surface area (Å²) in [7, 11) is 0. The van der Waals surface area contributed by atoms with E-state index in [-0.39, 0.29) is 17.1 Å². The van der Waals surface area contributed by atoms with Crippen LogP contribution in [0, 0.1) is 0 Å². The fourth-order valence-corrected chi connectivity index (χ4v) is 2.23. The van der Waals surface area contributed by atoms with Crippen molar-refractivity contribution in [2.45, 2.75) is 24.6 Å². The number of nitrogens with one attached hydrogen (secondary N) is 1. The van der Waals surface area contributed by atoms with Crippen molar-refractivity contribution in [1.82, 2.24) is 19.5 Å². The number of ether oxygens (including phenoxy) is 1. The van der Waals surface area contributed by atoms with Crippen LogP contribution < -0.4 is 11.3 Å². The zero-order valence-electron chi connectivity index (χ0n) is 10.2. The number of aromatic nitrogens is 4. The summed E-state index contributed by atoms with van der Waals surface area (Å²) < 4.78 is 20.7. The van der Waals surface area contributed by atoms with E-state index < -0.39 is 36.8 Å². The van der Waals surface area contributed by atoms with Crippen molar-refractivity contribution >= 4 is 17.1 Å². The summed E-state index contributed by atoms with van der Waals surface area (Å²) in [5, 5.41) is 18.6. The van der Waals surface area contributed by atoms with E-state index in [2.05, 4.69) is 15.0 Å². The van der Waals surface area contributed by atoms with E-state index in [0.29, 0.717) is 0 Å². The van der Waals surface area contributed by atoms with Gasteiger partial charge in [0.1, 0.15) is 12.4 Å².